The molecule has 76 valence electrons. The van der Waals surface area contributed by atoms with Gasteiger partial charge in [-0.1, -0.05) is 32.0 Å². The van der Waals surface area contributed by atoms with Crippen molar-refractivity contribution in [3.63, 3.8) is 0 Å². The van der Waals surface area contributed by atoms with Gasteiger partial charge in [-0.15, -0.1) is 11.8 Å². The quantitative estimate of drug-likeness (QED) is 0.765. The molecular formula is C12H16OS. The third-order valence-electron chi connectivity index (χ3n) is 2.82. The van der Waals surface area contributed by atoms with Crippen LogP contribution in [0.15, 0.2) is 29.2 Å². The maximum absolute atomic E-state index is 9.97. The van der Waals surface area contributed by atoms with Crippen molar-refractivity contribution in [2.24, 2.45) is 5.92 Å². The summed E-state index contributed by atoms with van der Waals surface area (Å²) in [4.78, 5) is 1.34. The van der Waals surface area contributed by atoms with Gasteiger partial charge in [0.15, 0.2) is 0 Å². The average Bonchev–Trinajstić information content (AvgIpc) is 2.17. The van der Waals surface area contributed by atoms with E-state index in [0.717, 1.165) is 5.75 Å². The summed E-state index contributed by atoms with van der Waals surface area (Å²) in [6, 6.07) is 8.43. The van der Waals surface area contributed by atoms with Gasteiger partial charge in [-0.05, 0) is 17.5 Å². The number of hydrogen-bond donors (Lipinski definition) is 1. The van der Waals surface area contributed by atoms with Crippen LogP contribution in [0.25, 0.3) is 0 Å². The maximum atomic E-state index is 9.97. The van der Waals surface area contributed by atoms with Gasteiger partial charge in [0.05, 0.1) is 6.10 Å². The molecule has 1 aromatic carbocycles. The van der Waals surface area contributed by atoms with Crippen molar-refractivity contribution in [1.82, 2.24) is 0 Å². The summed E-state index contributed by atoms with van der Waals surface area (Å²) < 4.78 is 0. The van der Waals surface area contributed by atoms with Gasteiger partial charge in [0.2, 0.25) is 0 Å². The van der Waals surface area contributed by atoms with Crippen LogP contribution in [0.2, 0.25) is 0 Å². The minimum Gasteiger partial charge on any atom is -0.392 e. The molecule has 0 unspecified atom stereocenters. The second-order valence-corrected chi connectivity index (χ2v) is 5.25. The Kier molecular flexibility index (Phi) is 2.84. The van der Waals surface area contributed by atoms with E-state index >= 15 is 0 Å². The number of benzene rings is 1. The highest BCUT2D eigenvalue weighted by Gasteiger charge is 2.30. The summed E-state index contributed by atoms with van der Waals surface area (Å²) in [5.41, 5.74) is 1.33. The van der Waals surface area contributed by atoms with Crippen LogP contribution in [0, 0.1) is 5.92 Å². The molecule has 1 heterocycles. The number of rotatable bonds is 1. The molecule has 14 heavy (non-hydrogen) atoms. The molecule has 0 saturated carbocycles. The Hall–Kier alpha value is -0.470. The maximum Gasteiger partial charge on any atom is 0.0705 e. The number of aliphatic hydroxyl groups is 1. The predicted molar refractivity (Wildman–Crippen MR) is 60.8 cm³/mol. The third-order valence-corrected chi connectivity index (χ3v) is 4.01. The molecule has 0 fully saturated rings. The van der Waals surface area contributed by atoms with Crippen LogP contribution in [0.4, 0.5) is 0 Å². The van der Waals surface area contributed by atoms with E-state index in [4.69, 9.17) is 0 Å². The predicted octanol–water partition coefficient (Wildman–Crippen LogP) is 2.89. The fourth-order valence-electron chi connectivity index (χ4n) is 2.18. The molecule has 0 radical (unpaired) electrons. The summed E-state index contributed by atoms with van der Waals surface area (Å²) in [7, 11) is 0. The number of aliphatic hydroxyl groups excluding tert-OH is 1. The second kappa shape index (κ2) is 3.95. The van der Waals surface area contributed by atoms with Gasteiger partial charge >= 0.3 is 0 Å². The highest BCUT2D eigenvalue weighted by molar-refractivity contribution is 7.99. The lowest BCUT2D eigenvalue weighted by Gasteiger charge is -2.32. The molecule has 1 aliphatic rings. The molecule has 2 rings (SSSR count). The van der Waals surface area contributed by atoms with Gasteiger partial charge in [-0.25, -0.2) is 0 Å². The van der Waals surface area contributed by atoms with Gasteiger partial charge in [0.25, 0.3) is 0 Å². The molecule has 1 aliphatic heterocycles. The molecule has 0 aromatic heterocycles. The molecule has 2 atom stereocenters. The Labute approximate surface area is 89.5 Å². The lowest BCUT2D eigenvalue weighted by Crippen LogP contribution is -2.28. The Morgan fingerprint density at radius 2 is 2.07 bits per heavy atom. The molecule has 0 spiro atoms. The molecule has 0 amide bonds. The van der Waals surface area contributed by atoms with Gasteiger partial charge in [0, 0.05) is 16.6 Å². The van der Waals surface area contributed by atoms with Crippen LogP contribution in [0.1, 0.15) is 25.3 Å². The van der Waals surface area contributed by atoms with Crippen LogP contribution >= 0.6 is 11.8 Å². The molecule has 1 N–H and O–H groups in total. The summed E-state index contributed by atoms with van der Waals surface area (Å²) in [6.07, 6.45) is -0.185. The van der Waals surface area contributed by atoms with Crippen LogP contribution in [-0.4, -0.2) is 17.0 Å². The monoisotopic (exact) mass is 208 g/mol. The first-order chi connectivity index (χ1) is 6.70. The van der Waals surface area contributed by atoms with Crippen LogP contribution in [-0.2, 0) is 0 Å². The van der Waals surface area contributed by atoms with E-state index < -0.39 is 0 Å². The van der Waals surface area contributed by atoms with Gasteiger partial charge in [0.1, 0.15) is 0 Å². The Morgan fingerprint density at radius 1 is 1.36 bits per heavy atom. The molecule has 0 bridgehead atoms. The molecule has 2 heteroatoms. The van der Waals surface area contributed by atoms with Crippen molar-refractivity contribution >= 4 is 11.8 Å². The standard InChI is InChI=1S/C12H16OS/c1-8(2)12-9-5-3-4-6-11(9)14-7-10(12)13/h3-6,8,10,12-13H,7H2,1-2H3/t10-,12+/m0/s1. The zero-order chi connectivity index (χ0) is 10.1. The molecule has 1 nitrogen and oxygen atoms in total. The topological polar surface area (TPSA) is 20.2 Å². The van der Waals surface area contributed by atoms with Gasteiger partial charge < -0.3 is 5.11 Å². The van der Waals surface area contributed by atoms with Crippen LogP contribution in [0.5, 0.6) is 0 Å². The summed E-state index contributed by atoms with van der Waals surface area (Å²) in [5, 5.41) is 9.97. The zero-order valence-electron chi connectivity index (χ0n) is 8.60. The van der Waals surface area contributed by atoms with E-state index in [-0.39, 0.29) is 6.10 Å². The second-order valence-electron chi connectivity index (χ2n) is 4.19. The first kappa shape index (κ1) is 10.1. The average molecular weight is 208 g/mol. The van der Waals surface area contributed by atoms with Crippen molar-refractivity contribution in [2.45, 2.75) is 30.8 Å². The van der Waals surface area contributed by atoms with E-state index in [1.807, 2.05) is 0 Å². The van der Waals surface area contributed by atoms with E-state index in [1.54, 1.807) is 11.8 Å². The Balaban J connectivity index is 2.41. The van der Waals surface area contributed by atoms with Crippen LogP contribution in [0.3, 0.4) is 0 Å². The number of thioether (sulfide) groups is 1. The molecule has 0 saturated heterocycles. The highest BCUT2D eigenvalue weighted by Crippen LogP contribution is 2.40. The fraction of sp³-hybridized carbons (Fsp3) is 0.500. The van der Waals surface area contributed by atoms with Crippen LogP contribution < -0.4 is 0 Å². The minimum absolute atomic E-state index is 0.185. The third kappa shape index (κ3) is 1.69. The van der Waals surface area contributed by atoms with E-state index in [1.165, 1.54) is 10.5 Å². The summed E-state index contributed by atoms with van der Waals surface area (Å²) >= 11 is 1.77. The van der Waals surface area contributed by atoms with Gasteiger partial charge in [-0.2, -0.15) is 0 Å². The number of fused-ring (bicyclic) bond motifs is 1. The smallest absolute Gasteiger partial charge is 0.0705 e. The van der Waals surface area contributed by atoms with Crippen molar-refractivity contribution in [3.05, 3.63) is 29.8 Å². The first-order valence-electron chi connectivity index (χ1n) is 5.10. The molecular weight excluding hydrogens is 192 g/mol. The molecule has 1 aromatic rings. The highest BCUT2D eigenvalue weighted by atomic mass is 32.2. The Morgan fingerprint density at radius 3 is 2.79 bits per heavy atom. The SMILES string of the molecule is CC(C)[C@@H]1c2ccccc2SC[C@@H]1O. The first-order valence-corrected chi connectivity index (χ1v) is 6.08. The fourth-order valence-corrected chi connectivity index (χ4v) is 3.28. The Bertz CT molecular complexity index is 322. The normalized spacial score (nSPS) is 26.3. The van der Waals surface area contributed by atoms with Crippen molar-refractivity contribution < 1.29 is 5.11 Å². The van der Waals surface area contributed by atoms with E-state index in [0.29, 0.717) is 11.8 Å². The van der Waals surface area contributed by atoms with E-state index in [2.05, 4.69) is 38.1 Å². The lowest BCUT2D eigenvalue weighted by atomic mass is 9.84. The van der Waals surface area contributed by atoms with Gasteiger partial charge in [-0.3, -0.25) is 0 Å². The minimum atomic E-state index is -0.185. The summed E-state index contributed by atoms with van der Waals surface area (Å²) in [6.45, 7) is 4.36. The molecule has 0 aliphatic carbocycles. The lowest BCUT2D eigenvalue weighted by molar-refractivity contribution is 0.141. The zero-order valence-corrected chi connectivity index (χ0v) is 9.42. The summed E-state index contributed by atoms with van der Waals surface area (Å²) in [5.74, 6) is 1.65. The van der Waals surface area contributed by atoms with Crippen molar-refractivity contribution in [2.75, 3.05) is 5.75 Å². The van der Waals surface area contributed by atoms with Crippen molar-refractivity contribution in [3.8, 4) is 0 Å². The number of hydrogen-bond acceptors (Lipinski definition) is 2. The van der Waals surface area contributed by atoms with E-state index in [9.17, 15) is 5.11 Å². The largest absolute Gasteiger partial charge is 0.392 e. The van der Waals surface area contributed by atoms with Crippen molar-refractivity contribution in [1.29, 1.82) is 0 Å².